The predicted octanol–water partition coefficient (Wildman–Crippen LogP) is 3.12. The van der Waals surface area contributed by atoms with E-state index >= 15 is 0 Å². The van der Waals surface area contributed by atoms with Gasteiger partial charge in [-0.15, -0.1) is 0 Å². The molecular weight excluding hydrogens is 309 g/mol. The molecule has 0 aliphatic carbocycles. The van der Waals surface area contributed by atoms with E-state index in [4.69, 9.17) is 13.8 Å². The van der Waals surface area contributed by atoms with Crippen LogP contribution in [0.1, 0.15) is 47.0 Å². The molecule has 0 aliphatic heterocycles. The molecule has 0 spiro atoms. The van der Waals surface area contributed by atoms with Crippen LogP contribution in [0.4, 0.5) is 4.79 Å². The van der Waals surface area contributed by atoms with E-state index in [-0.39, 0.29) is 24.4 Å². The van der Waals surface area contributed by atoms with Crippen molar-refractivity contribution in [1.29, 1.82) is 0 Å². The van der Waals surface area contributed by atoms with Crippen LogP contribution in [-0.4, -0.2) is 43.9 Å². The third kappa shape index (κ3) is 9.92. The SMILES string of the molecule is COP(=O)(CC(=O)CCC[C@H](C)NC(=O)OC(C)(C)C)OC. The Bertz CT molecular complexity index is 410. The van der Waals surface area contributed by atoms with E-state index in [9.17, 15) is 14.2 Å². The number of nitrogens with one attached hydrogen (secondary N) is 1. The summed E-state index contributed by atoms with van der Waals surface area (Å²) in [4.78, 5) is 23.3. The zero-order valence-electron chi connectivity index (χ0n) is 14.3. The highest BCUT2D eigenvalue weighted by Gasteiger charge is 2.25. The molecule has 0 rings (SSSR count). The van der Waals surface area contributed by atoms with Crippen molar-refractivity contribution in [2.75, 3.05) is 20.4 Å². The maximum absolute atomic E-state index is 11.8. The van der Waals surface area contributed by atoms with Crippen molar-refractivity contribution in [2.24, 2.45) is 0 Å². The van der Waals surface area contributed by atoms with E-state index in [1.165, 1.54) is 14.2 Å². The summed E-state index contributed by atoms with van der Waals surface area (Å²) in [6, 6.07) is -0.112. The number of Topliss-reactive ketones (excluding diaryl/α,β-unsaturated/α-hetero) is 1. The summed E-state index contributed by atoms with van der Waals surface area (Å²) in [5, 5.41) is 2.70. The van der Waals surface area contributed by atoms with Gasteiger partial charge >= 0.3 is 13.7 Å². The first-order valence-corrected chi connectivity index (χ1v) is 8.96. The minimum absolute atomic E-state index is 0.112. The summed E-state index contributed by atoms with van der Waals surface area (Å²) in [6.45, 7) is 7.21. The third-order valence-corrected chi connectivity index (χ3v) is 4.63. The first kappa shape index (κ1) is 21.1. The van der Waals surface area contributed by atoms with Crippen molar-refractivity contribution in [2.45, 2.75) is 58.6 Å². The van der Waals surface area contributed by atoms with Gasteiger partial charge in [0.2, 0.25) is 0 Å². The lowest BCUT2D eigenvalue weighted by molar-refractivity contribution is -0.117. The molecule has 22 heavy (non-hydrogen) atoms. The fourth-order valence-corrected chi connectivity index (χ4v) is 2.68. The summed E-state index contributed by atoms with van der Waals surface area (Å²) in [5.41, 5.74) is -0.540. The van der Waals surface area contributed by atoms with E-state index in [1.54, 1.807) is 20.8 Å². The standard InChI is InChI=1S/C14H28NO6P/c1-11(15-13(17)21-14(2,3)4)8-7-9-12(16)10-22(18,19-5)20-6/h11H,7-10H2,1-6H3,(H,15,17)/t11-/m0/s1. The number of amides is 1. The molecule has 0 aromatic carbocycles. The van der Waals surface area contributed by atoms with Gasteiger partial charge in [0.25, 0.3) is 0 Å². The van der Waals surface area contributed by atoms with Gasteiger partial charge in [0.05, 0.1) is 0 Å². The van der Waals surface area contributed by atoms with Crippen LogP contribution in [0.5, 0.6) is 0 Å². The lowest BCUT2D eigenvalue weighted by Gasteiger charge is -2.21. The van der Waals surface area contributed by atoms with Crippen molar-refractivity contribution in [3.05, 3.63) is 0 Å². The zero-order valence-corrected chi connectivity index (χ0v) is 15.2. The van der Waals surface area contributed by atoms with Gasteiger partial charge in [-0.1, -0.05) is 0 Å². The number of ether oxygens (including phenoxy) is 1. The molecule has 0 bridgehead atoms. The van der Waals surface area contributed by atoms with E-state index in [0.29, 0.717) is 12.8 Å². The Morgan fingerprint density at radius 2 is 1.73 bits per heavy atom. The topological polar surface area (TPSA) is 90.9 Å². The molecule has 0 aliphatic rings. The highest BCUT2D eigenvalue weighted by Crippen LogP contribution is 2.46. The average Bonchev–Trinajstić information content (AvgIpc) is 2.35. The van der Waals surface area contributed by atoms with Gasteiger partial charge in [-0.05, 0) is 40.5 Å². The second kappa shape index (κ2) is 9.28. The zero-order chi connectivity index (χ0) is 17.4. The van der Waals surface area contributed by atoms with Crippen LogP contribution >= 0.6 is 7.60 Å². The van der Waals surface area contributed by atoms with Crippen LogP contribution in [0.15, 0.2) is 0 Å². The number of alkyl carbamates (subject to hydrolysis) is 1. The van der Waals surface area contributed by atoms with E-state index in [2.05, 4.69) is 5.32 Å². The molecule has 0 saturated carbocycles. The number of hydrogen-bond acceptors (Lipinski definition) is 6. The Hall–Kier alpha value is -0.910. The van der Waals surface area contributed by atoms with Crippen LogP contribution in [-0.2, 0) is 23.1 Å². The first-order chi connectivity index (χ1) is 10.0. The molecule has 0 unspecified atom stereocenters. The van der Waals surface area contributed by atoms with Gasteiger partial charge in [0, 0.05) is 26.7 Å². The number of carbonyl (C=O) groups excluding carboxylic acids is 2. The van der Waals surface area contributed by atoms with E-state index in [0.717, 1.165) is 0 Å². The minimum Gasteiger partial charge on any atom is -0.444 e. The molecule has 0 aromatic heterocycles. The number of carbonyl (C=O) groups is 2. The van der Waals surface area contributed by atoms with Crippen molar-refractivity contribution >= 4 is 19.5 Å². The van der Waals surface area contributed by atoms with Crippen LogP contribution in [0.25, 0.3) is 0 Å². The lowest BCUT2D eigenvalue weighted by Crippen LogP contribution is -2.37. The van der Waals surface area contributed by atoms with Crippen molar-refractivity contribution in [3.63, 3.8) is 0 Å². The highest BCUT2D eigenvalue weighted by atomic mass is 31.2. The first-order valence-electron chi connectivity index (χ1n) is 7.23. The quantitative estimate of drug-likeness (QED) is 0.650. The molecule has 0 aromatic rings. The molecule has 130 valence electrons. The van der Waals surface area contributed by atoms with Crippen LogP contribution in [0.3, 0.4) is 0 Å². The second-order valence-corrected chi connectivity index (χ2v) is 8.38. The van der Waals surface area contributed by atoms with Crippen molar-refractivity contribution in [1.82, 2.24) is 5.32 Å². The Balaban J connectivity index is 4.03. The molecule has 0 radical (unpaired) electrons. The lowest BCUT2D eigenvalue weighted by atomic mass is 10.1. The van der Waals surface area contributed by atoms with Gasteiger partial charge < -0.3 is 19.1 Å². The molecule has 1 N–H and O–H groups in total. The summed E-state index contributed by atoms with van der Waals surface area (Å²) in [5.74, 6) is -0.184. The Morgan fingerprint density at radius 3 is 2.18 bits per heavy atom. The largest absolute Gasteiger partial charge is 0.444 e. The Morgan fingerprint density at radius 1 is 1.18 bits per heavy atom. The summed E-state index contributed by atoms with van der Waals surface area (Å²) >= 11 is 0. The van der Waals surface area contributed by atoms with Crippen molar-refractivity contribution in [3.8, 4) is 0 Å². The second-order valence-electron chi connectivity index (χ2n) is 6.11. The normalized spacial score (nSPS) is 13.5. The molecule has 7 nitrogen and oxygen atoms in total. The van der Waals surface area contributed by atoms with Gasteiger partial charge in [-0.3, -0.25) is 9.36 Å². The van der Waals surface area contributed by atoms with Gasteiger partial charge in [0.15, 0.2) is 0 Å². The van der Waals surface area contributed by atoms with E-state index in [1.807, 2.05) is 6.92 Å². The van der Waals surface area contributed by atoms with Gasteiger partial charge in [-0.2, -0.15) is 0 Å². The minimum atomic E-state index is -3.29. The maximum atomic E-state index is 11.8. The third-order valence-electron chi connectivity index (χ3n) is 2.78. The highest BCUT2D eigenvalue weighted by molar-refractivity contribution is 7.54. The number of ketones is 1. The molecule has 8 heteroatoms. The number of rotatable bonds is 9. The van der Waals surface area contributed by atoms with Gasteiger partial charge in [-0.25, -0.2) is 4.79 Å². The molecule has 0 heterocycles. The number of hydrogen-bond donors (Lipinski definition) is 1. The fraction of sp³-hybridized carbons (Fsp3) is 0.857. The summed E-state index contributed by atoms with van der Waals surface area (Å²) in [6.07, 6.45) is 0.748. The van der Waals surface area contributed by atoms with Crippen LogP contribution in [0.2, 0.25) is 0 Å². The smallest absolute Gasteiger partial charge is 0.407 e. The van der Waals surface area contributed by atoms with Crippen LogP contribution in [0, 0.1) is 0 Å². The Labute approximate surface area is 132 Å². The Kier molecular flexibility index (Phi) is 8.89. The molecular formula is C14H28NO6P. The van der Waals surface area contributed by atoms with Crippen molar-refractivity contribution < 1.29 is 27.9 Å². The van der Waals surface area contributed by atoms with Gasteiger partial charge in [0.1, 0.15) is 17.5 Å². The molecule has 0 fully saturated rings. The monoisotopic (exact) mass is 337 g/mol. The average molecular weight is 337 g/mol. The molecule has 0 saturated heterocycles. The fourth-order valence-electron chi connectivity index (χ4n) is 1.69. The maximum Gasteiger partial charge on any atom is 0.407 e. The molecule has 1 amide bonds. The van der Waals surface area contributed by atoms with Crippen LogP contribution < -0.4 is 5.32 Å². The summed E-state index contributed by atoms with van der Waals surface area (Å²) < 4.78 is 26.4. The van der Waals surface area contributed by atoms with E-state index < -0.39 is 19.3 Å². The molecule has 1 atom stereocenters. The predicted molar refractivity (Wildman–Crippen MR) is 84.2 cm³/mol. The summed E-state index contributed by atoms with van der Waals surface area (Å²) in [7, 11) is -0.778.